The Kier molecular flexibility index (Phi) is 14.7. The molecule has 0 aromatic carbocycles. The Hall–Kier alpha value is 0.796. The molecule has 0 spiro atoms. The van der Waals surface area contributed by atoms with Gasteiger partial charge in [-0.1, -0.05) is 12.4 Å². The van der Waals surface area contributed by atoms with Crippen LogP contribution < -0.4 is 17.0 Å². The monoisotopic (exact) mass is 694 g/mol. The molecule has 0 aliphatic rings. The number of hydrogen-bond donors (Lipinski definition) is 3. The molecule has 0 aliphatic carbocycles. The molecule has 4 rings (SSSR count). The number of aromatic amines is 1. The molecule has 5 N–H and O–H groups in total. The van der Waals surface area contributed by atoms with Crippen molar-refractivity contribution in [1.82, 2.24) is 29.1 Å². The first kappa shape index (κ1) is 32.0. The van der Waals surface area contributed by atoms with Gasteiger partial charge in [0.25, 0.3) is 0 Å². The third-order valence-electron chi connectivity index (χ3n) is 3.78. The van der Waals surface area contributed by atoms with E-state index >= 15 is 0 Å². The van der Waals surface area contributed by atoms with Gasteiger partial charge in [0.15, 0.2) is 5.95 Å². The summed E-state index contributed by atoms with van der Waals surface area (Å²) in [6, 6.07) is 0. The minimum atomic E-state index is -0.242. The molecule has 0 bridgehead atoms. The van der Waals surface area contributed by atoms with E-state index in [0.29, 0.717) is 22.4 Å². The minimum absolute atomic E-state index is 0. The first-order valence-corrected chi connectivity index (χ1v) is 7.33. The zero-order valence-corrected chi connectivity index (χ0v) is 27.6. The summed E-state index contributed by atoms with van der Waals surface area (Å²) >= 11 is 0. The smallest absolute Gasteiger partial charge is 0.206 e. The molecule has 4 heterocycles. The summed E-state index contributed by atoms with van der Waals surface area (Å²) in [6.07, 6.45) is 5.08. The van der Waals surface area contributed by atoms with E-state index in [1.165, 1.54) is 6.33 Å². The fourth-order valence-corrected chi connectivity index (χ4v) is 2.71. The standard InChI is InChI=1S/C8H9N4O.C8H9N4.4Y/c1-4-3-12(2)6-5(4)7(13)11-8(9)10-6;1-5-3-12(2)8-6(5)7(9)10-4-11-8;;;;/h3H,1H2,2H3,(H3,9,10,11,13);3-4H,1H2,2H3,(H2,9,10,11);;;;/q2*-1;;;;. The Labute approximate surface area is 268 Å². The van der Waals surface area contributed by atoms with Gasteiger partial charge >= 0.3 is 0 Å². The molecule has 4 radical (unpaired) electrons. The van der Waals surface area contributed by atoms with Gasteiger partial charge in [0.2, 0.25) is 5.56 Å². The van der Waals surface area contributed by atoms with Crippen molar-refractivity contribution >= 4 is 33.8 Å². The van der Waals surface area contributed by atoms with Crippen LogP contribution >= 0.6 is 0 Å². The molecule has 29 heavy (non-hydrogen) atoms. The number of rotatable bonds is 0. The van der Waals surface area contributed by atoms with E-state index in [-0.39, 0.29) is 142 Å². The van der Waals surface area contributed by atoms with Crippen molar-refractivity contribution in [2.45, 2.75) is 0 Å². The summed E-state index contributed by atoms with van der Waals surface area (Å²) in [5, 5.41) is 1.34. The maximum Gasteiger partial charge on any atom is 0.206 e. The van der Waals surface area contributed by atoms with E-state index in [1.807, 2.05) is 17.8 Å². The molecule has 0 amide bonds. The van der Waals surface area contributed by atoms with Crippen molar-refractivity contribution in [1.29, 1.82) is 0 Å². The van der Waals surface area contributed by atoms with Crippen LogP contribution in [0.2, 0.25) is 0 Å². The van der Waals surface area contributed by atoms with E-state index in [1.54, 1.807) is 17.8 Å². The van der Waals surface area contributed by atoms with Gasteiger partial charge in [-0.05, 0) is 24.9 Å². The van der Waals surface area contributed by atoms with Gasteiger partial charge in [-0.2, -0.15) is 25.0 Å². The predicted molar refractivity (Wildman–Crippen MR) is 97.6 cm³/mol. The Morgan fingerprint density at radius 1 is 0.897 bits per heavy atom. The maximum atomic E-state index is 11.4. The number of nitrogens with two attached hydrogens (primary N) is 2. The number of nitrogen functional groups attached to an aromatic ring is 2. The summed E-state index contributed by atoms with van der Waals surface area (Å²) in [5.41, 5.74) is 13.7. The van der Waals surface area contributed by atoms with E-state index < -0.39 is 0 Å². The minimum Gasteiger partial charge on any atom is -0.398 e. The summed E-state index contributed by atoms with van der Waals surface area (Å²) in [7, 11) is 3.70. The van der Waals surface area contributed by atoms with Crippen molar-refractivity contribution in [3.8, 4) is 0 Å². The SMILES string of the molecule is [CH2-]c1cn(C)c2nc(N)[nH]c(=O)c12.[CH2-]c1cn(C)c2ncnc(N)c12.[Y].[Y].[Y].[Y]. The number of nitrogens with zero attached hydrogens (tertiary/aromatic N) is 5. The average Bonchev–Trinajstić information content (AvgIpc) is 2.97. The van der Waals surface area contributed by atoms with Gasteiger partial charge in [-0.25, -0.2) is 15.0 Å². The van der Waals surface area contributed by atoms with Gasteiger partial charge in [0, 0.05) is 131 Å². The van der Waals surface area contributed by atoms with Crippen LogP contribution in [0.15, 0.2) is 23.5 Å². The van der Waals surface area contributed by atoms with Gasteiger partial charge in [0.05, 0.1) is 17.1 Å². The zero-order chi connectivity index (χ0) is 18.3. The fourth-order valence-electron chi connectivity index (χ4n) is 2.71. The second-order valence-electron chi connectivity index (χ2n) is 5.64. The van der Waals surface area contributed by atoms with E-state index in [2.05, 4.69) is 33.8 Å². The Morgan fingerprint density at radius 2 is 1.41 bits per heavy atom. The van der Waals surface area contributed by atoms with Crippen LogP contribution in [0.1, 0.15) is 11.1 Å². The average molecular weight is 694 g/mol. The summed E-state index contributed by atoms with van der Waals surface area (Å²) in [5.74, 6) is 0.615. The van der Waals surface area contributed by atoms with E-state index in [9.17, 15) is 4.79 Å². The molecule has 142 valence electrons. The molecule has 9 nitrogen and oxygen atoms in total. The fraction of sp³-hybridized carbons (Fsp3) is 0.125. The Balaban J connectivity index is 0. The van der Waals surface area contributed by atoms with Crippen LogP contribution in [0.3, 0.4) is 0 Å². The second kappa shape index (κ2) is 13.4. The number of fused-ring (bicyclic) bond motifs is 2. The van der Waals surface area contributed by atoms with Gasteiger partial charge < -0.3 is 25.6 Å². The van der Waals surface area contributed by atoms with Crippen LogP contribution in [-0.2, 0) is 145 Å². The van der Waals surface area contributed by atoms with Crippen LogP contribution in [0.25, 0.3) is 22.1 Å². The molecule has 0 aliphatic heterocycles. The first-order valence-electron chi connectivity index (χ1n) is 7.33. The number of hydrogen-bond acceptors (Lipinski definition) is 6. The Bertz CT molecular complexity index is 1150. The van der Waals surface area contributed by atoms with Gasteiger partial charge in [-0.15, -0.1) is 0 Å². The third kappa shape index (κ3) is 6.89. The quantitative estimate of drug-likeness (QED) is 0.233. The molecule has 4 aromatic heterocycles. The summed E-state index contributed by atoms with van der Waals surface area (Å²) < 4.78 is 3.61. The number of aryl methyl sites for hydroxylation is 2. The molecule has 0 saturated heterocycles. The predicted octanol–water partition coefficient (Wildman–Crippen LogP) is 0.749. The summed E-state index contributed by atoms with van der Waals surface area (Å²) in [4.78, 5) is 25.8. The van der Waals surface area contributed by atoms with E-state index in [0.717, 1.165) is 16.6 Å². The molecule has 0 fully saturated rings. The van der Waals surface area contributed by atoms with Crippen LogP contribution in [0, 0.1) is 13.8 Å². The first-order chi connectivity index (χ1) is 11.8. The topological polar surface area (TPSA) is 133 Å². The molecular weight excluding hydrogens is 676 g/mol. The molecule has 13 heteroatoms. The van der Waals surface area contributed by atoms with Crippen LogP contribution in [-0.4, -0.2) is 29.1 Å². The van der Waals surface area contributed by atoms with Crippen molar-refractivity contribution in [2.75, 3.05) is 11.5 Å². The number of aromatic nitrogens is 6. The number of nitrogens with one attached hydrogen (secondary N) is 1. The van der Waals surface area contributed by atoms with Gasteiger partial charge in [-0.3, -0.25) is 4.79 Å². The van der Waals surface area contributed by atoms with Gasteiger partial charge in [0.1, 0.15) is 6.33 Å². The molecule has 0 unspecified atom stereocenters. The van der Waals surface area contributed by atoms with E-state index in [4.69, 9.17) is 11.5 Å². The number of H-pyrrole nitrogens is 1. The maximum absolute atomic E-state index is 11.4. The Morgan fingerprint density at radius 3 is 1.97 bits per heavy atom. The molecular formula is C16H18N8OY4-2. The van der Waals surface area contributed by atoms with Crippen molar-refractivity contribution in [3.63, 3.8) is 0 Å². The normalized spacial score (nSPS) is 9.31. The molecule has 0 saturated carbocycles. The van der Waals surface area contributed by atoms with Crippen LogP contribution in [0.5, 0.6) is 0 Å². The van der Waals surface area contributed by atoms with Crippen molar-refractivity contribution in [2.24, 2.45) is 14.1 Å². The zero-order valence-electron chi connectivity index (χ0n) is 16.3. The molecule has 4 aromatic rings. The van der Waals surface area contributed by atoms with Crippen LogP contribution in [0.4, 0.5) is 11.8 Å². The van der Waals surface area contributed by atoms with Crippen molar-refractivity contribution < 1.29 is 131 Å². The number of anilines is 2. The third-order valence-corrected chi connectivity index (χ3v) is 3.78. The largest absolute Gasteiger partial charge is 0.398 e. The second-order valence-corrected chi connectivity index (χ2v) is 5.64. The molecule has 0 atom stereocenters. The summed E-state index contributed by atoms with van der Waals surface area (Å²) in [6.45, 7) is 7.59. The van der Waals surface area contributed by atoms with Crippen molar-refractivity contribution in [3.05, 3.63) is 54.0 Å².